The Morgan fingerprint density at radius 2 is 2.12 bits per heavy atom. The average Bonchev–Trinajstić information content (AvgIpc) is 3.17. The van der Waals surface area contributed by atoms with Crippen LogP contribution in [0.3, 0.4) is 0 Å². The van der Waals surface area contributed by atoms with Crippen molar-refractivity contribution in [2.45, 2.75) is 19.8 Å². The van der Waals surface area contributed by atoms with Gasteiger partial charge < -0.3 is 9.40 Å². The third kappa shape index (κ3) is 2.65. The summed E-state index contributed by atoms with van der Waals surface area (Å²) in [6.45, 7) is 2.10. The number of nitrogens with zero attached hydrogens (tertiary/aromatic N) is 1. The second-order valence-corrected chi connectivity index (χ2v) is 5.77. The molecule has 24 heavy (non-hydrogen) atoms. The van der Waals surface area contributed by atoms with Crippen LogP contribution < -0.4 is 5.32 Å². The second-order valence-electron chi connectivity index (χ2n) is 5.77. The number of para-hydroxylation sites is 2. The van der Waals surface area contributed by atoms with Crippen LogP contribution in [0, 0.1) is 0 Å². The van der Waals surface area contributed by atoms with Crippen LogP contribution in [-0.4, -0.2) is 15.9 Å². The molecule has 0 fully saturated rings. The molecule has 5 heteroatoms. The molecule has 0 saturated carbocycles. The Bertz CT molecular complexity index is 996. The summed E-state index contributed by atoms with van der Waals surface area (Å²) in [5, 5.41) is 3.79. The van der Waals surface area contributed by atoms with Gasteiger partial charge in [-0.3, -0.25) is 10.1 Å². The SMILES string of the molecule is CCc1ccc2c(CC(=O)Nc3nc4ccccc4[nH]3)coc2c1. The lowest BCUT2D eigenvalue weighted by atomic mass is 10.1. The van der Waals surface area contributed by atoms with Gasteiger partial charge in [0, 0.05) is 10.9 Å². The Labute approximate surface area is 138 Å². The molecule has 2 heterocycles. The van der Waals surface area contributed by atoms with E-state index in [2.05, 4.69) is 28.3 Å². The zero-order valence-electron chi connectivity index (χ0n) is 13.3. The Kier molecular flexibility index (Phi) is 3.54. The van der Waals surface area contributed by atoms with Crippen LogP contribution in [0.15, 0.2) is 53.1 Å². The fourth-order valence-corrected chi connectivity index (χ4v) is 2.85. The van der Waals surface area contributed by atoms with Gasteiger partial charge in [0.05, 0.1) is 23.7 Å². The maximum Gasteiger partial charge on any atom is 0.231 e. The molecule has 5 nitrogen and oxygen atoms in total. The third-order valence-electron chi connectivity index (χ3n) is 4.13. The summed E-state index contributed by atoms with van der Waals surface area (Å²) in [5.41, 5.74) is 4.64. The third-order valence-corrected chi connectivity index (χ3v) is 4.13. The van der Waals surface area contributed by atoms with Gasteiger partial charge in [-0.05, 0) is 30.2 Å². The Hall–Kier alpha value is -3.08. The van der Waals surface area contributed by atoms with E-state index < -0.39 is 0 Å². The molecular weight excluding hydrogens is 302 g/mol. The van der Waals surface area contributed by atoms with E-state index in [1.165, 1.54) is 5.56 Å². The number of rotatable bonds is 4. The molecule has 0 aliphatic rings. The van der Waals surface area contributed by atoms with Crippen molar-refractivity contribution < 1.29 is 9.21 Å². The second kappa shape index (κ2) is 5.85. The van der Waals surface area contributed by atoms with Gasteiger partial charge in [-0.1, -0.05) is 31.2 Å². The normalized spacial score (nSPS) is 11.2. The van der Waals surface area contributed by atoms with Crippen LogP contribution in [-0.2, 0) is 17.6 Å². The molecule has 0 unspecified atom stereocenters. The van der Waals surface area contributed by atoms with Gasteiger partial charge in [-0.15, -0.1) is 0 Å². The van der Waals surface area contributed by atoms with Gasteiger partial charge in [-0.2, -0.15) is 0 Å². The summed E-state index contributed by atoms with van der Waals surface area (Å²) < 4.78 is 5.59. The summed E-state index contributed by atoms with van der Waals surface area (Å²) >= 11 is 0. The number of H-pyrrole nitrogens is 1. The Morgan fingerprint density at radius 3 is 2.96 bits per heavy atom. The molecule has 0 bridgehead atoms. The van der Waals surface area contributed by atoms with Crippen molar-refractivity contribution >= 4 is 33.9 Å². The molecule has 2 aromatic heterocycles. The van der Waals surface area contributed by atoms with Crippen LogP contribution in [0.2, 0.25) is 0 Å². The zero-order valence-corrected chi connectivity index (χ0v) is 13.3. The van der Waals surface area contributed by atoms with E-state index in [9.17, 15) is 4.79 Å². The average molecular weight is 319 g/mol. The largest absolute Gasteiger partial charge is 0.464 e. The van der Waals surface area contributed by atoms with Crippen molar-refractivity contribution in [3.05, 3.63) is 59.9 Å². The fourth-order valence-electron chi connectivity index (χ4n) is 2.85. The van der Waals surface area contributed by atoms with E-state index in [1.54, 1.807) is 6.26 Å². The fraction of sp³-hybridized carbons (Fsp3) is 0.158. The molecule has 1 amide bonds. The van der Waals surface area contributed by atoms with E-state index in [-0.39, 0.29) is 12.3 Å². The highest BCUT2D eigenvalue weighted by atomic mass is 16.3. The monoisotopic (exact) mass is 319 g/mol. The summed E-state index contributed by atoms with van der Waals surface area (Å²) in [5.74, 6) is 0.332. The van der Waals surface area contributed by atoms with Crippen LogP contribution in [0.25, 0.3) is 22.0 Å². The lowest BCUT2D eigenvalue weighted by Crippen LogP contribution is -2.15. The number of carbonyl (C=O) groups is 1. The molecule has 4 aromatic rings. The number of amides is 1. The predicted molar refractivity (Wildman–Crippen MR) is 94.0 cm³/mol. The van der Waals surface area contributed by atoms with E-state index in [0.29, 0.717) is 5.95 Å². The number of anilines is 1. The quantitative estimate of drug-likeness (QED) is 0.596. The van der Waals surface area contributed by atoms with E-state index in [1.807, 2.05) is 36.4 Å². The first-order chi connectivity index (χ1) is 11.7. The van der Waals surface area contributed by atoms with Gasteiger partial charge in [0.25, 0.3) is 0 Å². The molecule has 2 N–H and O–H groups in total. The van der Waals surface area contributed by atoms with E-state index in [0.717, 1.165) is 34.0 Å². The highest BCUT2D eigenvalue weighted by Crippen LogP contribution is 2.23. The molecule has 0 saturated heterocycles. The maximum absolute atomic E-state index is 12.3. The van der Waals surface area contributed by atoms with Crippen LogP contribution in [0.4, 0.5) is 5.95 Å². The van der Waals surface area contributed by atoms with Gasteiger partial charge in [0.15, 0.2) is 0 Å². The minimum absolute atomic E-state index is 0.128. The number of aromatic nitrogens is 2. The summed E-state index contributed by atoms with van der Waals surface area (Å²) in [6.07, 6.45) is 2.86. The smallest absolute Gasteiger partial charge is 0.231 e. The minimum atomic E-state index is -0.128. The molecule has 0 radical (unpaired) electrons. The highest BCUT2D eigenvalue weighted by Gasteiger charge is 2.12. The maximum atomic E-state index is 12.3. The van der Waals surface area contributed by atoms with Gasteiger partial charge >= 0.3 is 0 Å². The molecule has 0 aliphatic heterocycles. The number of aromatic amines is 1. The molecule has 120 valence electrons. The number of furan rings is 1. The lowest BCUT2D eigenvalue weighted by Gasteiger charge is -2.01. The number of hydrogen-bond acceptors (Lipinski definition) is 3. The first-order valence-electron chi connectivity index (χ1n) is 7.96. The molecular formula is C19H17N3O2. The number of imidazole rings is 1. The topological polar surface area (TPSA) is 70.9 Å². The van der Waals surface area contributed by atoms with E-state index >= 15 is 0 Å². The zero-order chi connectivity index (χ0) is 16.5. The molecule has 0 aliphatic carbocycles. The standard InChI is InChI=1S/C19H17N3O2/c1-2-12-7-8-14-13(11-24-17(14)9-12)10-18(23)22-19-20-15-5-3-4-6-16(15)21-19/h3-9,11H,2,10H2,1H3,(H2,20,21,22,23). The van der Waals surface area contributed by atoms with Gasteiger partial charge in [0.1, 0.15) is 5.58 Å². The molecule has 4 rings (SSSR count). The predicted octanol–water partition coefficient (Wildman–Crippen LogP) is 4.05. The minimum Gasteiger partial charge on any atom is -0.464 e. The van der Waals surface area contributed by atoms with Crippen molar-refractivity contribution in [3.63, 3.8) is 0 Å². The number of hydrogen-bond donors (Lipinski definition) is 2. The van der Waals surface area contributed by atoms with E-state index in [4.69, 9.17) is 4.42 Å². The highest BCUT2D eigenvalue weighted by molar-refractivity contribution is 5.95. The molecule has 0 atom stereocenters. The summed E-state index contributed by atoms with van der Waals surface area (Å²) in [4.78, 5) is 19.8. The van der Waals surface area contributed by atoms with Crippen molar-refractivity contribution in [1.82, 2.24) is 9.97 Å². The number of carbonyl (C=O) groups excluding carboxylic acids is 1. The van der Waals surface area contributed by atoms with Gasteiger partial charge in [0.2, 0.25) is 11.9 Å². The van der Waals surface area contributed by atoms with Crippen LogP contribution >= 0.6 is 0 Å². The first kappa shape index (κ1) is 14.5. The van der Waals surface area contributed by atoms with Crippen LogP contribution in [0.1, 0.15) is 18.1 Å². The first-order valence-corrected chi connectivity index (χ1v) is 7.96. The van der Waals surface area contributed by atoms with Gasteiger partial charge in [-0.25, -0.2) is 4.98 Å². The van der Waals surface area contributed by atoms with Crippen molar-refractivity contribution in [2.75, 3.05) is 5.32 Å². The van der Waals surface area contributed by atoms with Crippen molar-refractivity contribution in [1.29, 1.82) is 0 Å². The lowest BCUT2D eigenvalue weighted by molar-refractivity contribution is -0.115. The Morgan fingerprint density at radius 1 is 1.25 bits per heavy atom. The van der Waals surface area contributed by atoms with Crippen LogP contribution in [0.5, 0.6) is 0 Å². The molecule has 0 spiro atoms. The number of fused-ring (bicyclic) bond motifs is 2. The number of nitrogens with one attached hydrogen (secondary N) is 2. The molecule has 2 aromatic carbocycles. The number of benzene rings is 2. The van der Waals surface area contributed by atoms with Crippen molar-refractivity contribution in [3.8, 4) is 0 Å². The Balaban J connectivity index is 1.53. The number of aryl methyl sites for hydroxylation is 1. The summed E-state index contributed by atoms with van der Waals surface area (Å²) in [7, 11) is 0. The summed E-state index contributed by atoms with van der Waals surface area (Å²) in [6, 6.07) is 13.8. The van der Waals surface area contributed by atoms with Crippen molar-refractivity contribution in [2.24, 2.45) is 0 Å².